The van der Waals surface area contributed by atoms with Crippen molar-refractivity contribution in [3.63, 3.8) is 0 Å². The number of likely N-dealkylation sites (tertiary alicyclic amines) is 1. The van der Waals surface area contributed by atoms with Crippen LogP contribution >= 0.6 is 0 Å². The van der Waals surface area contributed by atoms with Crippen LogP contribution in [-0.2, 0) is 0 Å². The third-order valence-corrected chi connectivity index (χ3v) is 6.05. The van der Waals surface area contributed by atoms with E-state index in [4.69, 9.17) is 0 Å². The zero-order chi connectivity index (χ0) is 19.8. The second-order valence-electron chi connectivity index (χ2n) is 8.03. The van der Waals surface area contributed by atoms with E-state index in [1.807, 2.05) is 12.1 Å². The molecule has 1 saturated heterocycles. The average Bonchev–Trinajstić information content (AvgIpc) is 2.85. The minimum atomic E-state index is -0.285. The number of hydrogen-bond acceptors (Lipinski definition) is 1. The van der Waals surface area contributed by atoms with Gasteiger partial charge in [-0.25, -0.2) is 8.78 Å². The molecule has 1 atom stereocenters. The lowest BCUT2D eigenvalue weighted by Gasteiger charge is -2.34. The molecule has 1 fully saturated rings. The molecule has 2 heterocycles. The normalized spacial score (nSPS) is 20.3. The molecule has 0 spiro atoms. The third-order valence-electron chi connectivity index (χ3n) is 6.05. The zero-order valence-corrected chi connectivity index (χ0v) is 16.3. The summed E-state index contributed by atoms with van der Waals surface area (Å²) in [4.78, 5) is 2.50. The minimum Gasteiger partial charge on any atom is -0.336 e. The summed E-state index contributed by atoms with van der Waals surface area (Å²) in [5.41, 5.74) is 3.32. The molecule has 1 aliphatic carbocycles. The molecular weight excluding hydrogens is 366 g/mol. The third kappa shape index (κ3) is 3.53. The number of benzene rings is 2. The van der Waals surface area contributed by atoms with Gasteiger partial charge in [0.15, 0.2) is 0 Å². The van der Waals surface area contributed by atoms with E-state index in [0.29, 0.717) is 0 Å². The van der Waals surface area contributed by atoms with Crippen molar-refractivity contribution < 1.29 is 8.78 Å². The fourth-order valence-corrected chi connectivity index (χ4v) is 4.78. The highest BCUT2D eigenvalue weighted by Gasteiger charge is 2.25. The summed E-state index contributed by atoms with van der Waals surface area (Å²) in [5, 5.41) is 1.58. The summed E-state index contributed by atoms with van der Waals surface area (Å²) in [6.45, 7) is 2.96. The van der Waals surface area contributed by atoms with Crippen LogP contribution in [0.15, 0.2) is 72.4 Å². The quantitative estimate of drug-likeness (QED) is 0.521. The molecule has 148 valence electrons. The number of rotatable bonds is 3. The Morgan fingerprint density at radius 3 is 2.38 bits per heavy atom. The Morgan fingerprint density at radius 1 is 0.931 bits per heavy atom. The first-order valence-corrected chi connectivity index (χ1v) is 10.3. The van der Waals surface area contributed by atoms with Gasteiger partial charge in [0.1, 0.15) is 11.6 Å². The molecule has 2 aliphatic rings. The topological polar surface area (TPSA) is 8.17 Å². The lowest BCUT2D eigenvalue weighted by atomic mass is 10.0. The molecule has 0 amide bonds. The van der Waals surface area contributed by atoms with Crippen molar-refractivity contribution in [3.8, 4) is 0 Å². The number of fused-ring (bicyclic) bond motifs is 3. The van der Waals surface area contributed by atoms with E-state index in [1.165, 1.54) is 29.8 Å². The average molecular weight is 390 g/mol. The van der Waals surface area contributed by atoms with Gasteiger partial charge in [0.2, 0.25) is 0 Å². The largest absolute Gasteiger partial charge is 0.336 e. The van der Waals surface area contributed by atoms with Crippen molar-refractivity contribution in [2.75, 3.05) is 19.6 Å². The van der Waals surface area contributed by atoms with Crippen LogP contribution in [0.3, 0.4) is 0 Å². The Hall–Kier alpha value is -2.72. The van der Waals surface area contributed by atoms with E-state index in [2.05, 4.69) is 39.8 Å². The summed E-state index contributed by atoms with van der Waals surface area (Å²) in [6.07, 6.45) is 14.0. The molecule has 2 nitrogen and oxygen atoms in total. The van der Waals surface area contributed by atoms with Crippen LogP contribution in [0.25, 0.3) is 21.8 Å². The maximum atomic E-state index is 13.9. The Labute approximate surface area is 169 Å². The van der Waals surface area contributed by atoms with Gasteiger partial charge in [0, 0.05) is 40.9 Å². The van der Waals surface area contributed by atoms with Crippen LogP contribution in [0, 0.1) is 11.6 Å². The smallest absolute Gasteiger partial charge is 0.123 e. The lowest BCUT2D eigenvalue weighted by molar-refractivity contribution is 0.196. The van der Waals surface area contributed by atoms with Gasteiger partial charge in [-0.3, -0.25) is 4.90 Å². The summed E-state index contributed by atoms with van der Waals surface area (Å²) in [6, 6.07) is 10.0. The van der Waals surface area contributed by atoms with Gasteiger partial charge in [0.05, 0.1) is 0 Å². The van der Waals surface area contributed by atoms with Crippen molar-refractivity contribution in [2.24, 2.45) is 0 Å². The molecule has 1 aromatic heterocycles. The first-order chi connectivity index (χ1) is 14.2. The second-order valence-corrected chi connectivity index (χ2v) is 8.03. The first-order valence-electron chi connectivity index (χ1n) is 10.3. The molecule has 3 aromatic rings. The van der Waals surface area contributed by atoms with E-state index >= 15 is 0 Å². The molecule has 5 rings (SSSR count). The summed E-state index contributed by atoms with van der Waals surface area (Å²) >= 11 is 0. The van der Waals surface area contributed by atoms with Crippen LogP contribution in [0.4, 0.5) is 8.78 Å². The zero-order valence-electron chi connectivity index (χ0n) is 16.3. The van der Waals surface area contributed by atoms with Crippen LogP contribution < -0.4 is 0 Å². The Bertz CT molecular complexity index is 1090. The number of hydrogen-bond donors (Lipinski definition) is 0. The van der Waals surface area contributed by atoms with E-state index < -0.39 is 0 Å². The van der Waals surface area contributed by atoms with Crippen molar-refractivity contribution in [2.45, 2.75) is 25.3 Å². The van der Waals surface area contributed by atoms with Gasteiger partial charge >= 0.3 is 0 Å². The van der Waals surface area contributed by atoms with Gasteiger partial charge in [-0.05, 0) is 67.8 Å². The maximum absolute atomic E-state index is 13.9. The van der Waals surface area contributed by atoms with Crippen molar-refractivity contribution in [1.82, 2.24) is 9.47 Å². The van der Waals surface area contributed by atoms with Gasteiger partial charge in [-0.2, -0.15) is 0 Å². The summed E-state index contributed by atoms with van der Waals surface area (Å²) in [7, 11) is 0. The van der Waals surface area contributed by atoms with Crippen LogP contribution in [0.2, 0.25) is 0 Å². The van der Waals surface area contributed by atoms with E-state index in [-0.39, 0.29) is 17.7 Å². The maximum Gasteiger partial charge on any atom is 0.123 e. The molecule has 0 unspecified atom stereocenters. The molecule has 1 aliphatic heterocycles. The highest BCUT2D eigenvalue weighted by atomic mass is 19.1. The van der Waals surface area contributed by atoms with Gasteiger partial charge in [0.25, 0.3) is 0 Å². The molecule has 0 bridgehead atoms. The molecule has 29 heavy (non-hydrogen) atoms. The van der Waals surface area contributed by atoms with E-state index in [1.54, 1.807) is 0 Å². The highest BCUT2D eigenvalue weighted by molar-refractivity contribution is 6.08. The van der Waals surface area contributed by atoms with Crippen molar-refractivity contribution in [3.05, 3.63) is 84.0 Å². The van der Waals surface area contributed by atoms with E-state index in [0.717, 1.165) is 60.7 Å². The molecule has 0 saturated carbocycles. The fraction of sp³-hybridized carbons (Fsp3) is 0.280. The predicted octanol–water partition coefficient (Wildman–Crippen LogP) is 6.15. The Balaban J connectivity index is 1.51. The first kappa shape index (κ1) is 18.3. The lowest BCUT2D eigenvalue weighted by Crippen LogP contribution is -2.37. The predicted molar refractivity (Wildman–Crippen MR) is 115 cm³/mol. The molecule has 2 aromatic carbocycles. The molecule has 4 heteroatoms. The standard InChI is InChI=1S/C25H24F2N2/c26-19-9-11-24-22(14-19)23-15-20(27)10-12-25(23)29(24)21-8-5-13-28(17-21)16-18-6-3-1-2-4-7-18/h1-3,6-7,9-12,14-15,21H,4-5,8,13,16-17H2/t21-/m0/s1. The Morgan fingerprint density at radius 2 is 1.66 bits per heavy atom. The number of allylic oxidation sites excluding steroid dienone is 4. The number of nitrogens with zero attached hydrogens (tertiary/aromatic N) is 2. The molecule has 0 N–H and O–H groups in total. The fourth-order valence-electron chi connectivity index (χ4n) is 4.78. The number of aromatic nitrogens is 1. The van der Waals surface area contributed by atoms with Crippen LogP contribution in [0.1, 0.15) is 25.3 Å². The van der Waals surface area contributed by atoms with Crippen molar-refractivity contribution in [1.29, 1.82) is 0 Å². The number of piperidine rings is 1. The van der Waals surface area contributed by atoms with Gasteiger partial charge in [-0.15, -0.1) is 0 Å². The van der Waals surface area contributed by atoms with Crippen LogP contribution in [0.5, 0.6) is 0 Å². The van der Waals surface area contributed by atoms with E-state index in [9.17, 15) is 8.78 Å². The van der Waals surface area contributed by atoms with Crippen LogP contribution in [-0.4, -0.2) is 29.1 Å². The van der Waals surface area contributed by atoms with Crippen molar-refractivity contribution >= 4 is 21.8 Å². The second kappa shape index (κ2) is 7.60. The molecular formula is C25H24F2N2. The summed E-state index contributed by atoms with van der Waals surface area (Å²) < 4.78 is 30.2. The monoisotopic (exact) mass is 390 g/mol. The summed E-state index contributed by atoms with van der Waals surface area (Å²) in [5.74, 6) is -0.571. The highest BCUT2D eigenvalue weighted by Crippen LogP contribution is 2.35. The minimum absolute atomic E-state index is 0.285. The SMILES string of the molecule is Fc1ccc2c(c1)c1cc(F)ccc1n2[C@H]1CCCN(CC2=CCC=CC=C2)C1. The number of halogens is 2. The Kier molecular flexibility index (Phi) is 4.80. The van der Waals surface area contributed by atoms with Gasteiger partial charge in [-0.1, -0.05) is 30.4 Å². The van der Waals surface area contributed by atoms with Gasteiger partial charge < -0.3 is 4.57 Å². The molecule has 0 radical (unpaired) electrons.